The monoisotopic (exact) mass is 300 g/mol. The van der Waals surface area contributed by atoms with E-state index in [1.165, 1.54) is 11.4 Å². The third-order valence-electron chi connectivity index (χ3n) is 3.18. The number of rotatable bonds is 5. The molecular weight excluding hydrogens is 284 g/mol. The van der Waals surface area contributed by atoms with E-state index >= 15 is 0 Å². The topological polar surface area (TPSA) is 61.2 Å². The zero-order chi connectivity index (χ0) is 14.6. The number of hydrogen-bond acceptors (Lipinski definition) is 3. The Hall–Kier alpha value is -1.09. The summed E-state index contributed by atoms with van der Waals surface area (Å²) in [4.78, 5) is 0. The summed E-state index contributed by atoms with van der Waals surface area (Å²) in [7, 11) is -2.18. The zero-order valence-corrected chi connectivity index (χ0v) is 12.7. The maximum absolute atomic E-state index is 12.3. The summed E-state index contributed by atoms with van der Waals surface area (Å²) in [5.41, 5.74) is 0.725. The van der Waals surface area contributed by atoms with Crippen LogP contribution in [0.3, 0.4) is 0 Å². The Morgan fingerprint density at radius 1 is 1.42 bits per heavy atom. The fourth-order valence-corrected chi connectivity index (χ4v) is 3.60. The second-order valence-corrected chi connectivity index (χ2v) is 6.87. The molecule has 0 aliphatic carbocycles. The molecule has 104 valence electrons. The van der Waals surface area contributed by atoms with Gasteiger partial charge in [0.25, 0.3) is 0 Å². The largest absolute Gasteiger partial charge is 0.230 e. The molecule has 4 nitrogen and oxygen atoms in total. The van der Waals surface area contributed by atoms with Crippen LogP contribution in [0.1, 0.15) is 31.9 Å². The van der Waals surface area contributed by atoms with Crippen LogP contribution in [0.5, 0.6) is 0 Å². The van der Waals surface area contributed by atoms with Crippen LogP contribution in [-0.4, -0.2) is 25.0 Å². The minimum atomic E-state index is -3.65. The van der Waals surface area contributed by atoms with Gasteiger partial charge in [0, 0.05) is 18.1 Å². The molecular formula is C13H17ClN2O2S. The lowest BCUT2D eigenvalue weighted by Crippen LogP contribution is -2.36. The number of halogens is 1. The van der Waals surface area contributed by atoms with Crippen molar-refractivity contribution in [2.45, 2.75) is 31.6 Å². The first-order valence-electron chi connectivity index (χ1n) is 5.97. The van der Waals surface area contributed by atoms with Gasteiger partial charge in [-0.2, -0.15) is 9.57 Å². The molecule has 0 N–H and O–H groups in total. The van der Waals surface area contributed by atoms with Gasteiger partial charge in [-0.3, -0.25) is 0 Å². The highest BCUT2D eigenvalue weighted by Crippen LogP contribution is 2.29. The quantitative estimate of drug-likeness (QED) is 0.840. The summed E-state index contributed by atoms with van der Waals surface area (Å²) in [6, 6.07) is 8.51. The van der Waals surface area contributed by atoms with E-state index in [9.17, 15) is 8.42 Å². The lowest BCUT2D eigenvalue weighted by atomic mass is 10.1. The number of benzene rings is 1. The van der Waals surface area contributed by atoms with Crippen LogP contribution in [-0.2, 0) is 10.0 Å². The first-order chi connectivity index (χ1) is 8.86. The van der Waals surface area contributed by atoms with Crippen LogP contribution in [0.15, 0.2) is 24.3 Å². The molecule has 0 fully saturated rings. The van der Waals surface area contributed by atoms with Gasteiger partial charge in [0.2, 0.25) is 10.0 Å². The van der Waals surface area contributed by atoms with Crippen molar-refractivity contribution in [1.29, 1.82) is 5.26 Å². The van der Waals surface area contributed by atoms with Crippen molar-refractivity contribution in [2.75, 3.05) is 7.05 Å². The first kappa shape index (κ1) is 16.0. The molecule has 0 radical (unpaired) electrons. The highest BCUT2D eigenvalue weighted by Gasteiger charge is 2.32. The van der Waals surface area contributed by atoms with Crippen molar-refractivity contribution in [1.82, 2.24) is 4.31 Å². The molecule has 2 atom stereocenters. The second kappa shape index (κ2) is 6.38. The molecule has 0 aromatic heterocycles. The Kier molecular flexibility index (Phi) is 5.36. The third-order valence-corrected chi connectivity index (χ3v) is 5.80. The minimum absolute atomic E-state index is 0.262. The molecule has 6 heteroatoms. The van der Waals surface area contributed by atoms with Gasteiger partial charge in [0.15, 0.2) is 5.25 Å². The number of nitrogens with zero attached hydrogens (tertiary/aromatic N) is 2. The van der Waals surface area contributed by atoms with E-state index in [1.807, 2.05) is 6.07 Å². The van der Waals surface area contributed by atoms with Gasteiger partial charge in [-0.25, -0.2) is 8.42 Å². The maximum Gasteiger partial charge on any atom is 0.230 e. The SMILES string of the molecule is CCC(C#N)S(=O)(=O)N(C)C(C)c1ccccc1Cl. The maximum atomic E-state index is 12.3. The molecule has 1 aromatic carbocycles. The highest BCUT2D eigenvalue weighted by molar-refractivity contribution is 7.90. The number of nitriles is 1. The van der Waals surface area contributed by atoms with E-state index in [2.05, 4.69) is 0 Å². The lowest BCUT2D eigenvalue weighted by molar-refractivity contribution is 0.394. The molecule has 0 spiro atoms. The van der Waals surface area contributed by atoms with Gasteiger partial charge in [0.05, 0.1) is 6.07 Å². The Bertz CT molecular complexity index is 581. The van der Waals surface area contributed by atoms with Gasteiger partial charge in [-0.15, -0.1) is 0 Å². The van der Waals surface area contributed by atoms with Gasteiger partial charge in [0.1, 0.15) is 0 Å². The van der Waals surface area contributed by atoms with Crippen molar-refractivity contribution in [3.05, 3.63) is 34.9 Å². The Morgan fingerprint density at radius 2 is 2.00 bits per heavy atom. The molecule has 19 heavy (non-hydrogen) atoms. The third kappa shape index (κ3) is 3.27. The molecule has 0 amide bonds. The summed E-state index contributed by atoms with van der Waals surface area (Å²) >= 11 is 6.07. The van der Waals surface area contributed by atoms with Gasteiger partial charge >= 0.3 is 0 Å². The van der Waals surface area contributed by atoms with Crippen molar-refractivity contribution >= 4 is 21.6 Å². The van der Waals surface area contributed by atoms with E-state index in [1.54, 1.807) is 38.1 Å². The summed E-state index contributed by atoms with van der Waals surface area (Å²) in [6.45, 7) is 3.43. The number of hydrogen-bond donors (Lipinski definition) is 0. The van der Waals surface area contributed by atoms with Crippen LogP contribution in [0.25, 0.3) is 0 Å². The first-order valence-corrected chi connectivity index (χ1v) is 7.85. The standard InChI is InChI=1S/C13H17ClN2O2S/c1-4-11(9-15)19(17,18)16(3)10(2)12-7-5-6-8-13(12)14/h5-8,10-11H,4H2,1-3H3. The predicted molar refractivity (Wildman–Crippen MR) is 76.2 cm³/mol. The van der Waals surface area contributed by atoms with Gasteiger partial charge < -0.3 is 0 Å². The van der Waals surface area contributed by atoms with Crippen molar-refractivity contribution in [3.8, 4) is 6.07 Å². The van der Waals surface area contributed by atoms with Gasteiger partial charge in [-0.05, 0) is 25.0 Å². The van der Waals surface area contributed by atoms with E-state index < -0.39 is 21.3 Å². The summed E-state index contributed by atoms with van der Waals surface area (Å²) in [5.74, 6) is 0. The van der Waals surface area contributed by atoms with E-state index in [0.717, 1.165) is 5.56 Å². The smallest absolute Gasteiger partial charge is 0.211 e. The summed E-state index contributed by atoms with van der Waals surface area (Å²) in [6.07, 6.45) is 0.262. The van der Waals surface area contributed by atoms with Crippen LogP contribution < -0.4 is 0 Å². The molecule has 0 saturated carbocycles. The van der Waals surface area contributed by atoms with Gasteiger partial charge in [-0.1, -0.05) is 36.7 Å². The Balaban J connectivity index is 3.11. The second-order valence-electron chi connectivity index (χ2n) is 4.28. The minimum Gasteiger partial charge on any atom is -0.211 e. The van der Waals surface area contributed by atoms with Crippen molar-refractivity contribution in [3.63, 3.8) is 0 Å². The van der Waals surface area contributed by atoms with E-state index in [-0.39, 0.29) is 6.42 Å². The van der Waals surface area contributed by atoms with Crippen molar-refractivity contribution < 1.29 is 8.42 Å². The molecule has 0 saturated heterocycles. The fraction of sp³-hybridized carbons (Fsp3) is 0.462. The molecule has 0 aliphatic heterocycles. The predicted octanol–water partition coefficient (Wildman–Crippen LogP) is 2.96. The van der Waals surface area contributed by atoms with Crippen LogP contribution in [0, 0.1) is 11.3 Å². The highest BCUT2D eigenvalue weighted by atomic mass is 35.5. The molecule has 1 rings (SSSR count). The number of sulfonamides is 1. The average Bonchev–Trinajstić information content (AvgIpc) is 2.38. The average molecular weight is 301 g/mol. The molecule has 0 aliphatic rings. The Morgan fingerprint density at radius 3 is 2.47 bits per heavy atom. The van der Waals surface area contributed by atoms with Crippen LogP contribution >= 0.6 is 11.6 Å². The summed E-state index contributed by atoms with van der Waals surface area (Å²) in [5, 5.41) is 8.43. The molecule has 0 heterocycles. The summed E-state index contributed by atoms with van der Waals surface area (Å²) < 4.78 is 25.8. The zero-order valence-electron chi connectivity index (χ0n) is 11.2. The molecule has 0 bridgehead atoms. The molecule has 2 unspecified atom stereocenters. The fourth-order valence-electron chi connectivity index (χ4n) is 1.80. The lowest BCUT2D eigenvalue weighted by Gasteiger charge is -2.27. The van der Waals surface area contributed by atoms with E-state index in [0.29, 0.717) is 5.02 Å². The van der Waals surface area contributed by atoms with Crippen LogP contribution in [0.2, 0.25) is 5.02 Å². The van der Waals surface area contributed by atoms with Crippen LogP contribution in [0.4, 0.5) is 0 Å². The normalized spacial score (nSPS) is 14.9. The van der Waals surface area contributed by atoms with E-state index in [4.69, 9.17) is 16.9 Å². The molecule has 1 aromatic rings. The Labute approximate surface area is 119 Å². The van der Waals surface area contributed by atoms with Crippen molar-refractivity contribution in [2.24, 2.45) is 0 Å².